The normalized spacial score (nSPS) is 17.3. The zero-order valence-corrected chi connectivity index (χ0v) is 8.14. The van der Waals surface area contributed by atoms with Crippen LogP contribution in [-0.2, 0) is 0 Å². The summed E-state index contributed by atoms with van der Waals surface area (Å²) in [5, 5.41) is 0. The molecule has 3 rings (SSSR count). The molecular weight excluding hydrogens is 182 g/mol. The van der Waals surface area contributed by atoms with Crippen molar-refractivity contribution in [2.45, 2.75) is 0 Å². The molecule has 0 saturated carbocycles. The van der Waals surface area contributed by atoms with Crippen molar-refractivity contribution in [1.29, 1.82) is 0 Å². The highest BCUT2D eigenvalue weighted by molar-refractivity contribution is 6.31. The van der Waals surface area contributed by atoms with E-state index in [-0.39, 0.29) is 0 Å². The van der Waals surface area contributed by atoms with E-state index in [1.165, 1.54) is 11.1 Å². The molecule has 1 nitrogen and oxygen atoms in total. The summed E-state index contributed by atoms with van der Waals surface area (Å²) in [7, 11) is 0. The van der Waals surface area contributed by atoms with Gasteiger partial charge >= 0.3 is 0 Å². The van der Waals surface area contributed by atoms with Gasteiger partial charge < -0.3 is 0 Å². The molecule has 0 amide bonds. The van der Waals surface area contributed by atoms with E-state index in [0.717, 1.165) is 11.3 Å². The van der Waals surface area contributed by atoms with Crippen molar-refractivity contribution >= 4 is 11.3 Å². The van der Waals surface area contributed by atoms with Gasteiger partial charge in [-0.3, -0.25) is 4.99 Å². The van der Waals surface area contributed by atoms with E-state index in [1.54, 1.807) is 0 Å². The highest BCUT2D eigenvalue weighted by atomic mass is 14.7. The maximum Gasteiger partial charge on any atom is 0.151 e. The summed E-state index contributed by atoms with van der Waals surface area (Å²) in [6, 6.07) is 8.20. The van der Waals surface area contributed by atoms with Gasteiger partial charge in [-0.15, -0.1) is 0 Å². The SMILES string of the molecule is [C]1N=C2C=CC=CC=C2c2ccccc21. The number of nitrogens with zero attached hydrogens (tertiary/aromatic N) is 1. The Hall–Kier alpha value is -1.89. The number of benzene rings is 1. The van der Waals surface area contributed by atoms with Crippen molar-refractivity contribution in [3.05, 3.63) is 72.3 Å². The second-order valence-electron chi connectivity index (χ2n) is 3.48. The van der Waals surface area contributed by atoms with Crippen LogP contribution < -0.4 is 0 Å². The van der Waals surface area contributed by atoms with E-state index in [1.807, 2.05) is 42.5 Å². The first kappa shape index (κ1) is 8.42. The fourth-order valence-electron chi connectivity index (χ4n) is 1.80. The Bertz CT molecular complexity index is 516. The number of hydrogen-bond acceptors (Lipinski definition) is 1. The maximum absolute atomic E-state index is 4.32. The Balaban J connectivity index is 2.22. The van der Waals surface area contributed by atoms with Gasteiger partial charge in [0.25, 0.3) is 0 Å². The summed E-state index contributed by atoms with van der Waals surface area (Å²) in [6.07, 6.45) is 10.2. The lowest BCUT2D eigenvalue weighted by molar-refractivity contribution is 1.30. The average molecular weight is 191 g/mol. The van der Waals surface area contributed by atoms with Gasteiger partial charge in [0.2, 0.25) is 0 Å². The molecule has 1 aromatic rings. The topological polar surface area (TPSA) is 12.4 Å². The van der Waals surface area contributed by atoms with Crippen LogP contribution in [0.25, 0.3) is 5.57 Å². The molecule has 0 saturated heterocycles. The van der Waals surface area contributed by atoms with Gasteiger partial charge in [-0.25, -0.2) is 0 Å². The molecule has 0 fully saturated rings. The second-order valence-corrected chi connectivity index (χ2v) is 3.48. The first-order chi connectivity index (χ1) is 7.45. The summed E-state index contributed by atoms with van der Waals surface area (Å²) >= 11 is 0. The molecular formula is C14H9N. The van der Waals surface area contributed by atoms with Crippen LogP contribution in [0.1, 0.15) is 11.1 Å². The molecule has 1 aliphatic carbocycles. The van der Waals surface area contributed by atoms with Gasteiger partial charge in [0.15, 0.2) is 6.54 Å². The third-order valence-corrected chi connectivity index (χ3v) is 2.53. The van der Waals surface area contributed by atoms with E-state index in [9.17, 15) is 0 Å². The van der Waals surface area contributed by atoms with E-state index >= 15 is 0 Å². The van der Waals surface area contributed by atoms with Crippen molar-refractivity contribution in [3.63, 3.8) is 0 Å². The molecule has 0 bridgehead atoms. The quantitative estimate of drug-likeness (QED) is 0.597. The van der Waals surface area contributed by atoms with Gasteiger partial charge in [0.05, 0.1) is 5.71 Å². The van der Waals surface area contributed by atoms with Crippen LogP contribution in [0.4, 0.5) is 0 Å². The molecule has 1 heteroatoms. The van der Waals surface area contributed by atoms with Gasteiger partial charge in [0.1, 0.15) is 0 Å². The van der Waals surface area contributed by atoms with E-state index in [2.05, 4.69) is 23.7 Å². The van der Waals surface area contributed by atoms with Crippen LogP contribution in [0.2, 0.25) is 0 Å². The van der Waals surface area contributed by atoms with E-state index in [0.29, 0.717) is 0 Å². The smallest absolute Gasteiger partial charge is 0.151 e. The molecule has 1 aliphatic heterocycles. The Morgan fingerprint density at radius 3 is 2.93 bits per heavy atom. The largest absolute Gasteiger partial charge is 0.267 e. The number of rotatable bonds is 0. The van der Waals surface area contributed by atoms with Crippen LogP contribution in [0.15, 0.2) is 59.6 Å². The lowest BCUT2D eigenvalue weighted by Crippen LogP contribution is -2.06. The second kappa shape index (κ2) is 3.35. The minimum Gasteiger partial charge on any atom is -0.267 e. The predicted molar refractivity (Wildman–Crippen MR) is 62.5 cm³/mol. The fourth-order valence-corrected chi connectivity index (χ4v) is 1.80. The lowest BCUT2D eigenvalue weighted by Gasteiger charge is -2.15. The highest BCUT2D eigenvalue weighted by Gasteiger charge is 2.16. The molecule has 0 aromatic heterocycles. The Morgan fingerprint density at radius 1 is 1.00 bits per heavy atom. The first-order valence-electron chi connectivity index (χ1n) is 4.94. The third kappa shape index (κ3) is 1.37. The minimum atomic E-state index is 0.985. The van der Waals surface area contributed by atoms with E-state index < -0.39 is 0 Å². The monoisotopic (exact) mass is 191 g/mol. The number of allylic oxidation sites excluding steroid dienone is 6. The average Bonchev–Trinajstić information content (AvgIpc) is 2.54. The molecule has 0 spiro atoms. The van der Waals surface area contributed by atoms with Crippen molar-refractivity contribution < 1.29 is 0 Å². The molecule has 2 radical (unpaired) electrons. The summed E-state index contributed by atoms with van der Waals surface area (Å²) in [4.78, 5) is 4.32. The van der Waals surface area contributed by atoms with Crippen LogP contribution >= 0.6 is 0 Å². The Labute approximate surface area is 89.2 Å². The third-order valence-electron chi connectivity index (χ3n) is 2.53. The summed E-state index contributed by atoms with van der Waals surface area (Å²) in [5.74, 6) is 0. The van der Waals surface area contributed by atoms with Crippen LogP contribution in [0.5, 0.6) is 0 Å². The van der Waals surface area contributed by atoms with E-state index in [4.69, 9.17) is 0 Å². The molecule has 15 heavy (non-hydrogen) atoms. The summed E-state index contributed by atoms with van der Waals surface area (Å²) in [5.41, 5.74) is 4.43. The zero-order valence-electron chi connectivity index (χ0n) is 8.14. The number of aliphatic imine (C=N–C) groups is 1. The predicted octanol–water partition coefficient (Wildman–Crippen LogP) is 3.04. The van der Waals surface area contributed by atoms with Crippen molar-refractivity contribution in [1.82, 2.24) is 0 Å². The first-order valence-corrected chi connectivity index (χ1v) is 4.94. The molecule has 0 unspecified atom stereocenters. The lowest BCUT2D eigenvalue weighted by atomic mass is 9.93. The summed E-state index contributed by atoms with van der Waals surface area (Å²) in [6.45, 7) is 3.06. The number of hydrogen-bond donors (Lipinski definition) is 0. The standard InChI is InChI=1S/C14H9N/c1-2-8-13-12-7-5-4-6-11(12)10-15-14(13)9-3-1/h1-9H. The molecule has 0 atom stereocenters. The zero-order chi connectivity index (χ0) is 10.1. The molecule has 70 valence electrons. The highest BCUT2D eigenvalue weighted by Crippen LogP contribution is 2.28. The Kier molecular flexibility index (Phi) is 1.88. The van der Waals surface area contributed by atoms with Crippen LogP contribution in [0.3, 0.4) is 0 Å². The number of fused-ring (bicyclic) bond motifs is 3. The van der Waals surface area contributed by atoms with Crippen molar-refractivity contribution in [2.24, 2.45) is 4.99 Å². The van der Waals surface area contributed by atoms with Gasteiger partial charge in [0, 0.05) is 5.57 Å². The van der Waals surface area contributed by atoms with Crippen molar-refractivity contribution in [3.8, 4) is 0 Å². The molecule has 1 aromatic carbocycles. The minimum absolute atomic E-state index is 0.985. The summed E-state index contributed by atoms with van der Waals surface area (Å²) < 4.78 is 0. The van der Waals surface area contributed by atoms with Gasteiger partial charge in [-0.05, 0) is 17.2 Å². The fraction of sp³-hybridized carbons (Fsp3) is 0. The maximum atomic E-state index is 4.32. The molecule has 2 aliphatic rings. The van der Waals surface area contributed by atoms with Crippen LogP contribution in [-0.4, -0.2) is 5.71 Å². The van der Waals surface area contributed by atoms with Gasteiger partial charge in [-0.2, -0.15) is 0 Å². The van der Waals surface area contributed by atoms with Gasteiger partial charge in [-0.1, -0.05) is 48.6 Å². The van der Waals surface area contributed by atoms with Crippen molar-refractivity contribution in [2.75, 3.05) is 0 Å². The molecule has 1 heterocycles. The molecule has 0 N–H and O–H groups in total. The van der Waals surface area contributed by atoms with Crippen LogP contribution in [0, 0.1) is 6.54 Å². The Morgan fingerprint density at radius 2 is 1.93 bits per heavy atom.